The summed E-state index contributed by atoms with van der Waals surface area (Å²) in [5, 5.41) is 4.23. The number of aromatic nitrogens is 4. The number of nitrogens with zero attached hydrogens (tertiary/aromatic N) is 5. The van der Waals surface area contributed by atoms with Crippen LogP contribution in [-0.4, -0.2) is 36.4 Å². The number of carbonyl (C=O) groups is 1. The molecule has 0 atom stereocenters. The van der Waals surface area contributed by atoms with Gasteiger partial charge >= 0.3 is 6.18 Å². The largest absolute Gasteiger partial charge is 0.416 e. The van der Waals surface area contributed by atoms with Gasteiger partial charge < -0.3 is 4.90 Å². The van der Waals surface area contributed by atoms with Crippen LogP contribution >= 0.6 is 0 Å². The van der Waals surface area contributed by atoms with Crippen LogP contribution in [0.2, 0.25) is 0 Å². The number of amides is 1. The number of alkyl halides is 3. The van der Waals surface area contributed by atoms with Crippen molar-refractivity contribution >= 4 is 11.7 Å². The number of benzene rings is 1. The molecule has 1 saturated carbocycles. The zero-order valence-electron chi connectivity index (χ0n) is 15.4. The van der Waals surface area contributed by atoms with Gasteiger partial charge in [0, 0.05) is 24.0 Å². The fraction of sp³-hybridized carbons (Fsp3) is 0.368. The zero-order chi connectivity index (χ0) is 20.1. The zero-order valence-corrected chi connectivity index (χ0v) is 15.4. The van der Waals surface area contributed by atoms with Crippen molar-refractivity contribution in [3.8, 4) is 0 Å². The molecule has 2 aromatic heterocycles. The van der Waals surface area contributed by atoms with Crippen LogP contribution in [0.1, 0.15) is 46.0 Å². The first-order chi connectivity index (χ1) is 13.2. The van der Waals surface area contributed by atoms with Gasteiger partial charge in [0.05, 0.1) is 5.56 Å². The Morgan fingerprint density at radius 2 is 1.93 bits per heavy atom. The molecule has 146 valence electrons. The molecular weight excluding hydrogens is 371 g/mol. The second-order valence-corrected chi connectivity index (χ2v) is 7.01. The van der Waals surface area contributed by atoms with E-state index in [0.717, 1.165) is 30.3 Å². The van der Waals surface area contributed by atoms with E-state index in [-0.39, 0.29) is 24.0 Å². The van der Waals surface area contributed by atoms with Crippen molar-refractivity contribution in [1.29, 1.82) is 0 Å². The Labute approximate surface area is 159 Å². The first kappa shape index (κ1) is 18.4. The number of fused-ring (bicyclic) bond motifs is 1. The fourth-order valence-electron chi connectivity index (χ4n) is 3.26. The maximum absolute atomic E-state index is 13.3. The van der Waals surface area contributed by atoms with Gasteiger partial charge in [0.2, 0.25) is 5.82 Å². The molecule has 6 nitrogen and oxygen atoms in total. The standard InChI is InChI=1S/C19H18F3N5O/c1-11-9-12(2)27-18(23-11)24-16(25-27)17(28)26(14-7-8-14)10-13-5-3-4-6-15(13)19(20,21)22/h3-6,9,14H,7-8,10H2,1-2H3. The first-order valence-electron chi connectivity index (χ1n) is 8.91. The van der Waals surface area contributed by atoms with Crippen molar-refractivity contribution in [3.05, 3.63) is 58.7 Å². The second kappa shape index (κ2) is 6.57. The lowest BCUT2D eigenvalue weighted by Crippen LogP contribution is -2.34. The van der Waals surface area contributed by atoms with E-state index in [4.69, 9.17) is 0 Å². The molecule has 1 aromatic carbocycles. The molecule has 9 heteroatoms. The minimum absolute atomic E-state index is 0.0578. The Morgan fingerprint density at radius 3 is 2.61 bits per heavy atom. The van der Waals surface area contributed by atoms with Crippen LogP contribution in [0.25, 0.3) is 5.78 Å². The third-order valence-electron chi connectivity index (χ3n) is 4.72. The molecule has 1 aliphatic carbocycles. The SMILES string of the molecule is Cc1cc(C)n2nc(C(=O)N(Cc3ccccc3C(F)(F)F)C3CC3)nc2n1. The van der Waals surface area contributed by atoms with Gasteiger partial charge in [0.1, 0.15) is 0 Å². The molecule has 0 aliphatic heterocycles. The van der Waals surface area contributed by atoms with Crippen LogP contribution in [0.4, 0.5) is 13.2 Å². The third-order valence-corrected chi connectivity index (χ3v) is 4.72. The van der Waals surface area contributed by atoms with Gasteiger partial charge in [0.15, 0.2) is 0 Å². The topological polar surface area (TPSA) is 63.4 Å². The summed E-state index contributed by atoms with van der Waals surface area (Å²) in [6, 6.07) is 7.03. The van der Waals surface area contributed by atoms with Gasteiger partial charge in [-0.15, -0.1) is 5.10 Å². The highest BCUT2D eigenvalue weighted by atomic mass is 19.4. The average molecular weight is 389 g/mol. The number of hydrogen-bond acceptors (Lipinski definition) is 4. The predicted octanol–water partition coefficient (Wildman–Crippen LogP) is 3.56. The number of rotatable bonds is 4. The summed E-state index contributed by atoms with van der Waals surface area (Å²) >= 11 is 0. The predicted molar refractivity (Wildman–Crippen MR) is 94.6 cm³/mol. The summed E-state index contributed by atoms with van der Waals surface area (Å²) in [7, 11) is 0. The molecule has 2 heterocycles. The summed E-state index contributed by atoms with van der Waals surface area (Å²) in [6.45, 7) is 3.50. The van der Waals surface area contributed by atoms with E-state index in [2.05, 4.69) is 15.1 Å². The van der Waals surface area contributed by atoms with Crippen molar-refractivity contribution < 1.29 is 18.0 Å². The van der Waals surface area contributed by atoms with Gasteiger partial charge in [-0.2, -0.15) is 18.2 Å². The number of halogens is 3. The van der Waals surface area contributed by atoms with Gasteiger partial charge in [-0.05, 0) is 44.4 Å². The Balaban J connectivity index is 1.68. The van der Waals surface area contributed by atoms with Crippen molar-refractivity contribution in [3.63, 3.8) is 0 Å². The molecule has 4 rings (SSSR count). The molecule has 3 aromatic rings. The summed E-state index contributed by atoms with van der Waals surface area (Å²) in [5.74, 6) is -0.244. The third kappa shape index (κ3) is 3.44. The van der Waals surface area contributed by atoms with Gasteiger partial charge in [-0.1, -0.05) is 18.2 Å². The number of hydrogen-bond donors (Lipinski definition) is 0. The molecule has 0 N–H and O–H groups in total. The molecule has 1 aliphatic rings. The molecular formula is C19H18F3N5O. The van der Waals surface area contributed by atoms with Crippen LogP contribution < -0.4 is 0 Å². The number of carbonyl (C=O) groups excluding carboxylic acids is 1. The van der Waals surface area contributed by atoms with E-state index in [1.807, 2.05) is 19.9 Å². The molecule has 0 spiro atoms. The minimum atomic E-state index is -4.48. The molecule has 28 heavy (non-hydrogen) atoms. The summed E-state index contributed by atoms with van der Waals surface area (Å²) in [5.41, 5.74) is 0.845. The highest BCUT2D eigenvalue weighted by molar-refractivity contribution is 5.91. The van der Waals surface area contributed by atoms with Gasteiger partial charge in [-0.25, -0.2) is 9.50 Å². The van der Waals surface area contributed by atoms with Crippen molar-refractivity contribution in [2.45, 2.75) is 45.5 Å². The smallest absolute Gasteiger partial charge is 0.329 e. The van der Waals surface area contributed by atoms with E-state index in [9.17, 15) is 18.0 Å². The van der Waals surface area contributed by atoms with E-state index >= 15 is 0 Å². The van der Waals surface area contributed by atoms with Crippen LogP contribution in [0.15, 0.2) is 30.3 Å². The van der Waals surface area contributed by atoms with Crippen LogP contribution in [0.3, 0.4) is 0 Å². The maximum Gasteiger partial charge on any atom is 0.416 e. The minimum Gasteiger partial charge on any atom is -0.329 e. The molecule has 0 radical (unpaired) electrons. The van der Waals surface area contributed by atoms with Crippen molar-refractivity contribution in [2.24, 2.45) is 0 Å². The van der Waals surface area contributed by atoms with Gasteiger partial charge in [0.25, 0.3) is 11.7 Å². The van der Waals surface area contributed by atoms with Crippen LogP contribution in [0.5, 0.6) is 0 Å². The van der Waals surface area contributed by atoms with E-state index in [0.29, 0.717) is 5.78 Å². The molecule has 0 unspecified atom stereocenters. The highest BCUT2D eigenvalue weighted by Gasteiger charge is 2.38. The Kier molecular flexibility index (Phi) is 4.32. The van der Waals surface area contributed by atoms with Crippen LogP contribution in [0, 0.1) is 13.8 Å². The molecule has 1 amide bonds. The first-order valence-corrected chi connectivity index (χ1v) is 8.91. The maximum atomic E-state index is 13.3. The summed E-state index contributed by atoms with van der Waals surface area (Å²) in [6.07, 6.45) is -2.97. The van der Waals surface area contributed by atoms with E-state index in [1.54, 1.807) is 6.07 Å². The summed E-state index contributed by atoms with van der Waals surface area (Å²) < 4.78 is 41.4. The number of aryl methyl sites for hydroxylation is 2. The second-order valence-electron chi connectivity index (χ2n) is 7.01. The Hall–Kier alpha value is -2.97. The molecule has 0 bridgehead atoms. The molecule has 0 saturated heterocycles. The fourth-order valence-corrected chi connectivity index (χ4v) is 3.26. The lowest BCUT2D eigenvalue weighted by atomic mass is 10.1. The summed E-state index contributed by atoms with van der Waals surface area (Å²) in [4.78, 5) is 22.9. The monoisotopic (exact) mass is 389 g/mol. The lowest BCUT2D eigenvalue weighted by Gasteiger charge is -2.23. The Bertz CT molecular complexity index is 1060. The van der Waals surface area contributed by atoms with Crippen molar-refractivity contribution in [1.82, 2.24) is 24.5 Å². The average Bonchev–Trinajstić information content (AvgIpc) is 3.37. The van der Waals surface area contributed by atoms with Gasteiger partial charge in [-0.3, -0.25) is 4.79 Å². The van der Waals surface area contributed by atoms with Crippen molar-refractivity contribution in [2.75, 3.05) is 0 Å². The quantitative estimate of drug-likeness (QED) is 0.684. The highest BCUT2D eigenvalue weighted by Crippen LogP contribution is 2.35. The molecule has 1 fully saturated rings. The normalized spacial score (nSPS) is 14.5. The Morgan fingerprint density at radius 1 is 1.21 bits per heavy atom. The van der Waals surface area contributed by atoms with E-state index in [1.165, 1.54) is 21.5 Å². The lowest BCUT2D eigenvalue weighted by molar-refractivity contribution is -0.138. The van der Waals surface area contributed by atoms with E-state index < -0.39 is 17.6 Å². The van der Waals surface area contributed by atoms with Crippen LogP contribution in [-0.2, 0) is 12.7 Å².